The Morgan fingerprint density at radius 2 is 0.962 bits per heavy atom. The molecule has 0 saturated heterocycles. The van der Waals surface area contributed by atoms with Gasteiger partial charge in [-0.2, -0.15) is 0 Å². The summed E-state index contributed by atoms with van der Waals surface area (Å²) in [4.78, 5) is 0. The van der Waals surface area contributed by atoms with Crippen LogP contribution in [0.1, 0.15) is 11.1 Å². The first-order chi connectivity index (χ1) is 12.6. The van der Waals surface area contributed by atoms with Gasteiger partial charge >= 0.3 is 0 Å². The molecule has 0 atom stereocenters. The molecule has 26 heavy (non-hydrogen) atoms. The van der Waals surface area contributed by atoms with Crippen LogP contribution >= 0.6 is 31.9 Å². The Balaban J connectivity index is 2.22. The van der Waals surface area contributed by atoms with Gasteiger partial charge in [0.15, 0.2) is 0 Å². The summed E-state index contributed by atoms with van der Waals surface area (Å²) in [5, 5.41) is 25.7. The summed E-state index contributed by atoms with van der Waals surface area (Å²) in [6.45, 7) is 0. The highest BCUT2D eigenvalue weighted by Crippen LogP contribution is 2.42. The Morgan fingerprint density at radius 3 is 1.35 bits per heavy atom. The summed E-state index contributed by atoms with van der Waals surface area (Å²) in [6.07, 6.45) is 0. The fourth-order valence-corrected chi connectivity index (χ4v) is 4.45. The van der Waals surface area contributed by atoms with Crippen molar-refractivity contribution in [2.24, 2.45) is 0 Å². The number of hydrogen-bond donors (Lipinski definition) is 2. The topological polar surface area (TPSA) is 40.5 Å². The van der Waals surface area contributed by atoms with Crippen LogP contribution in [-0.2, 0) is 10.7 Å². The van der Waals surface area contributed by atoms with E-state index in [1.54, 1.807) is 12.1 Å². The number of phenolic OH excluding ortho intramolecular Hbond substituents is 2. The van der Waals surface area contributed by atoms with Crippen molar-refractivity contribution >= 4 is 53.4 Å². The minimum atomic E-state index is 0.244. The summed E-state index contributed by atoms with van der Waals surface area (Å²) < 4.78 is 0. The Morgan fingerprint density at radius 1 is 0.577 bits per heavy atom. The lowest BCUT2D eigenvalue weighted by molar-refractivity contribution is 0.475. The molecule has 0 fully saturated rings. The van der Waals surface area contributed by atoms with Crippen molar-refractivity contribution in [2.45, 2.75) is 10.7 Å². The second-order valence-electron chi connectivity index (χ2n) is 6.28. The van der Waals surface area contributed by atoms with E-state index in [1.165, 1.54) is 0 Å². The van der Waals surface area contributed by atoms with Crippen LogP contribution in [-0.4, -0.2) is 10.2 Å². The first-order valence-corrected chi connectivity index (χ1v) is 10.5. The Labute approximate surface area is 168 Å². The summed E-state index contributed by atoms with van der Waals surface area (Å²) in [7, 11) is 0. The fourth-order valence-electron chi connectivity index (χ4n) is 3.52. The van der Waals surface area contributed by atoms with Crippen molar-refractivity contribution in [3.8, 4) is 22.6 Å². The number of rotatable bonds is 3. The normalized spacial score (nSPS) is 11.3. The molecule has 4 aromatic carbocycles. The molecule has 0 spiro atoms. The Kier molecular flexibility index (Phi) is 4.63. The lowest BCUT2D eigenvalue weighted by Gasteiger charge is -2.18. The predicted octanol–water partition coefficient (Wildman–Crippen LogP) is 6.86. The van der Waals surface area contributed by atoms with Gasteiger partial charge in [-0.3, -0.25) is 0 Å². The van der Waals surface area contributed by atoms with Crippen LogP contribution in [0, 0.1) is 0 Å². The SMILES string of the molecule is Oc1ccc2ccc(CBr)c(-c3c(CBr)ccc4ccc(O)cc34)c2c1. The maximum Gasteiger partial charge on any atom is 0.116 e. The summed E-state index contributed by atoms with van der Waals surface area (Å²) >= 11 is 7.22. The highest BCUT2D eigenvalue weighted by Gasteiger charge is 2.17. The number of alkyl halides is 2. The van der Waals surface area contributed by atoms with Gasteiger partial charge < -0.3 is 10.2 Å². The molecular formula is C22H16Br2O2. The molecule has 0 unspecified atom stereocenters. The summed E-state index contributed by atoms with van der Waals surface area (Å²) in [5.74, 6) is 0.489. The van der Waals surface area contributed by atoms with Gasteiger partial charge in [0.25, 0.3) is 0 Å². The standard InChI is InChI=1S/C22H16Br2O2/c23-11-15-3-1-13-5-7-17(25)9-19(13)21(15)22-16(12-24)4-2-14-6-8-18(26)10-20(14)22/h1-10,25-26H,11-12H2. The van der Waals surface area contributed by atoms with Crippen molar-refractivity contribution < 1.29 is 10.2 Å². The van der Waals surface area contributed by atoms with Crippen LogP contribution in [0.5, 0.6) is 11.5 Å². The van der Waals surface area contributed by atoms with Gasteiger partial charge in [0.2, 0.25) is 0 Å². The Bertz CT molecular complexity index is 1040. The number of aromatic hydroxyl groups is 2. The molecule has 0 amide bonds. The fraction of sp³-hybridized carbons (Fsp3) is 0.0909. The lowest BCUT2D eigenvalue weighted by Crippen LogP contribution is -1.95. The van der Waals surface area contributed by atoms with E-state index in [9.17, 15) is 10.2 Å². The minimum Gasteiger partial charge on any atom is -0.508 e. The van der Waals surface area contributed by atoms with Gasteiger partial charge in [0.1, 0.15) is 11.5 Å². The van der Waals surface area contributed by atoms with Gasteiger partial charge in [-0.1, -0.05) is 68.3 Å². The number of fused-ring (bicyclic) bond motifs is 2. The molecular weight excluding hydrogens is 456 g/mol. The molecule has 4 heteroatoms. The molecule has 0 heterocycles. The second kappa shape index (κ2) is 6.93. The van der Waals surface area contributed by atoms with Crippen LogP contribution in [0.3, 0.4) is 0 Å². The molecule has 0 aliphatic carbocycles. The molecule has 0 aliphatic heterocycles. The molecule has 2 N–H and O–H groups in total. The summed E-state index contributed by atoms with van der Waals surface area (Å²) in [5.41, 5.74) is 4.45. The zero-order valence-electron chi connectivity index (χ0n) is 13.8. The largest absolute Gasteiger partial charge is 0.508 e. The van der Waals surface area contributed by atoms with E-state index in [1.807, 2.05) is 24.3 Å². The van der Waals surface area contributed by atoms with Crippen LogP contribution in [0.25, 0.3) is 32.7 Å². The quantitative estimate of drug-likeness (QED) is 0.320. The van der Waals surface area contributed by atoms with Crippen molar-refractivity contribution in [3.05, 3.63) is 71.8 Å². The maximum atomic E-state index is 10.1. The molecule has 130 valence electrons. The maximum absolute atomic E-state index is 10.1. The molecule has 0 radical (unpaired) electrons. The van der Waals surface area contributed by atoms with Gasteiger partial charge in [0.05, 0.1) is 0 Å². The van der Waals surface area contributed by atoms with Gasteiger partial charge in [-0.15, -0.1) is 0 Å². The monoisotopic (exact) mass is 470 g/mol. The van der Waals surface area contributed by atoms with Crippen molar-refractivity contribution in [3.63, 3.8) is 0 Å². The van der Waals surface area contributed by atoms with Crippen molar-refractivity contribution in [2.75, 3.05) is 0 Å². The number of phenols is 2. The van der Waals surface area contributed by atoms with Crippen molar-refractivity contribution in [1.82, 2.24) is 0 Å². The second-order valence-corrected chi connectivity index (χ2v) is 7.40. The average Bonchev–Trinajstić information content (AvgIpc) is 2.66. The molecule has 4 aromatic rings. The highest BCUT2D eigenvalue weighted by atomic mass is 79.9. The zero-order valence-corrected chi connectivity index (χ0v) is 17.0. The van der Waals surface area contributed by atoms with Gasteiger partial charge in [-0.25, -0.2) is 0 Å². The first kappa shape index (κ1) is 17.4. The first-order valence-electron chi connectivity index (χ1n) is 8.24. The van der Waals surface area contributed by atoms with E-state index in [2.05, 4.69) is 56.1 Å². The molecule has 0 saturated carbocycles. The smallest absolute Gasteiger partial charge is 0.116 e. The molecule has 2 nitrogen and oxygen atoms in total. The number of benzene rings is 4. The van der Waals surface area contributed by atoms with E-state index >= 15 is 0 Å². The van der Waals surface area contributed by atoms with Crippen molar-refractivity contribution in [1.29, 1.82) is 0 Å². The van der Waals surface area contributed by atoms with Crippen LogP contribution in [0.2, 0.25) is 0 Å². The van der Waals surface area contributed by atoms with E-state index in [0.717, 1.165) is 43.8 Å². The van der Waals surface area contributed by atoms with E-state index in [-0.39, 0.29) is 11.5 Å². The van der Waals surface area contributed by atoms with E-state index in [0.29, 0.717) is 10.7 Å². The summed E-state index contributed by atoms with van der Waals surface area (Å²) in [6, 6.07) is 19.3. The molecule has 4 rings (SSSR count). The molecule has 0 bridgehead atoms. The lowest BCUT2D eigenvalue weighted by atomic mass is 9.88. The van der Waals surface area contributed by atoms with E-state index < -0.39 is 0 Å². The van der Waals surface area contributed by atoms with Crippen LogP contribution < -0.4 is 0 Å². The predicted molar refractivity (Wildman–Crippen MR) is 115 cm³/mol. The molecule has 0 aliphatic rings. The van der Waals surface area contributed by atoms with Gasteiger partial charge in [0, 0.05) is 10.7 Å². The number of hydrogen-bond acceptors (Lipinski definition) is 2. The minimum absolute atomic E-state index is 0.244. The zero-order chi connectivity index (χ0) is 18.3. The average molecular weight is 472 g/mol. The van der Waals surface area contributed by atoms with Crippen LogP contribution in [0.15, 0.2) is 60.7 Å². The third-order valence-corrected chi connectivity index (χ3v) is 5.93. The third-order valence-electron chi connectivity index (χ3n) is 4.72. The third kappa shape index (κ3) is 2.87. The number of halogens is 2. The van der Waals surface area contributed by atoms with Crippen LogP contribution in [0.4, 0.5) is 0 Å². The van der Waals surface area contributed by atoms with Gasteiger partial charge in [-0.05, 0) is 68.1 Å². The Hall–Kier alpha value is -2.04. The molecule has 0 aromatic heterocycles. The highest BCUT2D eigenvalue weighted by molar-refractivity contribution is 9.08. The van der Waals surface area contributed by atoms with E-state index in [4.69, 9.17) is 0 Å².